The van der Waals surface area contributed by atoms with Crippen molar-refractivity contribution in [1.82, 2.24) is 9.62 Å². The van der Waals surface area contributed by atoms with Gasteiger partial charge in [-0.05, 0) is 25.1 Å². The lowest BCUT2D eigenvalue weighted by Crippen LogP contribution is -2.50. The number of carbonyl (C=O) groups excluding carboxylic acids is 1. The number of hydrogen-bond donors (Lipinski definition) is 1. The van der Waals surface area contributed by atoms with Crippen molar-refractivity contribution in [2.45, 2.75) is 17.9 Å². The van der Waals surface area contributed by atoms with Crippen LogP contribution in [0, 0.1) is 0 Å². The number of rotatable bonds is 4. The van der Waals surface area contributed by atoms with Crippen LogP contribution in [0.3, 0.4) is 0 Å². The Kier molecular flexibility index (Phi) is 5.37. The molecule has 6 nitrogen and oxygen atoms in total. The third-order valence-electron chi connectivity index (χ3n) is 3.13. The number of halogens is 1. The van der Waals surface area contributed by atoms with Crippen molar-refractivity contribution < 1.29 is 17.9 Å². The quantitative estimate of drug-likeness (QED) is 0.849. The number of ether oxygens (including phenoxy) is 1. The number of sulfonamides is 1. The van der Waals surface area contributed by atoms with Crippen molar-refractivity contribution in [1.29, 1.82) is 0 Å². The molecule has 1 N–H and O–H groups in total. The first-order chi connectivity index (χ1) is 9.90. The van der Waals surface area contributed by atoms with Crippen LogP contribution in [0.2, 0.25) is 0 Å². The van der Waals surface area contributed by atoms with Crippen LogP contribution in [0.5, 0.6) is 0 Å². The van der Waals surface area contributed by atoms with Gasteiger partial charge in [-0.2, -0.15) is 4.72 Å². The molecule has 0 saturated carbocycles. The molecule has 0 spiro atoms. The molecule has 1 unspecified atom stereocenters. The standard InChI is InChI=1S/C13H17BrN2O4S/c1-10(13(17)16-5-7-20-8-6-16)15-21(18,19)12-4-2-3-11(14)9-12/h2-4,9-10,15H,5-8H2,1H3. The summed E-state index contributed by atoms with van der Waals surface area (Å²) < 4.78 is 32.8. The number of amides is 1. The van der Waals surface area contributed by atoms with Gasteiger partial charge in [-0.1, -0.05) is 22.0 Å². The van der Waals surface area contributed by atoms with Crippen LogP contribution in [0.25, 0.3) is 0 Å². The predicted molar refractivity (Wildman–Crippen MR) is 81.3 cm³/mol. The van der Waals surface area contributed by atoms with Crippen molar-refractivity contribution in [3.63, 3.8) is 0 Å². The molecule has 0 aliphatic carbocycles. The van der Waals surface area contributed by atoms with E-state index in [4.69, 9.17) is 4.74 Å². The molecule has 21 heavy (non-hydrogen) atoms. The molecule has 1 heterocycles. The first kappa shape index (κ1) is 16.4. The number of nitrogens with one attached hydrogen (secondary N) is 1. The van der Waals surface area contributed by atoms with E-state index in [0.717, 1.165) is 0 Å². The van der Waals surface area contributed by atoms with E-state index in [1.54, 1.807) is 24.0 Å². The molecule has 1 saturated heterocycles. The maximum absolute atomic E-state index is 12.3. The molecule has 1 amide bonds. The topological polar surface area (TPSA) is 75.7 Å². The normalized spacial score (nSPS) is 17.5. The van der Waals surface area contributed by atoms with Gasteiger partial charge in [-0.3, -0.25) is 4.79 Å². The first-order valence-electron chi connectivity index (χ1n) is 6.54. The lowest BCUT2D eigenvalue weighted by Gasteiger charge is -2.29. The minimum atomic E-state index is -3.72. The van der Waals surface area contributed by atoms with E-state index in [0.29, 0.717) is 30.8 Å². The fourth-order valence-corrected chi connectivity index (χ4v) is 3.84. The molecule has 1 fully saturated rings. The Labute approximate surface area is 132 Å². The third kappa shape index (κ3) is 4.26. The fraction of sp³-hybridized carbons (Fsp3) is 0.462. The average Bonchev–Trinajstić information content (AvgIpc) is 2.47. The number of hydrogen-bond acceptors (Lipinski definition) is 4. The van der Waals surface area contributed by atoms with Crippen molar-refractivity contribution in [2.75, 3.05) is 26.3 Å². The average molecular weight is 377 g/mol. The van der Waals surface area contributed by atoms with E-state index in [1.807, 2.05) is 0 Å². The second-order valence-electron chi connectivity index (χ2n) is 4.74. The van der Waals surface area contributed by atoms with Gasteiger partial charge in [0.15, 0.2) is 0 Å². The van der Waals surface area contributed by atoms with E-state index in [1.165, 1.54) is 12.1 Å². The monoisotopic (exact) mass is 376 g/mol. The van der Waals surface area contributed by atoms with Crippen LogP contribution >= 0.6 is 15.9 Å². The van der Waals surface area contributed by atoms with Crippen LogP contribution in [0.15, 0.2) is 33.6 Å². The highest BCUT2D eigenvalue weighted by atomic mass is 79.9. The van der Waals surface area contributed by atoms with Gasteiger partial charge in [0, 0.05) is 17.6 Å². The van der Waals surface area contributed by atoms with Crippen LogP contribution in [-0.2, 0) is 19.6 Å². The second kappa shape index (κ2) is 6.87. The number of morpholine rings is 1. The minimum absolute atomic E-state index is 0.124. The number of carbonyl (C=O) groups is 1. The molecule has 2 rings (SSSR count). The Bertz CT molecular complexity index is 614. The summed E-state index contributed by atoms with van der Waals surface area (Å²) in [7, 11) is -3.72. The molecule has 8 heteroatoms. The highest BCUT2D eigenvalue weighted by Crippen LogP contribution is 2.16. The van der Waals surface area contributed by atoms with Crippen molar-refractivity contribution in [3.05, 3.63) is 28.7 Å². The second-order valence-corrected chi connectivity index (χ2v) is 7.37. The molecule has 116 valence electrons. The Hall–Kier alpha value is -0.960. The highest BCUT2D eigenvalue weighted by Gasteiger charge is 2.26. The summed E-state index contributed by atoms with van der Waals surface area (Å²) in [5, 5.41) is 0. The van der Waals surface area contributed by atoms with E-state index in [9.17, 15) is 13.2 Å². The van der Waals surface area contributed by atoms with Crippen molar-refractivity contribution in [2.24, 2.45) is 0 Å². The van der Waals surface area contributed by atoms with Gasteiger partial charge in [-0.25, -0.2) is 8.42 Å². The van der Waals surface area contributed by atoms with Gasteiger partial charge < -0.3 is 9.64 Å². The summed E-state index contributed by atoms with van der Waals surface area (Å²) in [5.74, 6) is -0.239. The summed E-state index contributed by atoms with van der Waals surface area (Å²) in [6, 6.07) is 5.54. The van der Waals surface area contributed by atoms with Crippen molar-refractivity contribution >= 4 is 31.9 Å². The Morgan fingerprint density at radius 1 is 1.38 bits per heavy atom. The summed E-state index contributed by atoms with van der Waals surface area (Å²) in [4.78, 5) is 13.9. The molecule has 1 atom stereocenters. The number of nitrogens with zero attached hydrogens (tertiary/aromatic N) is 1. The third-order valence-corrected chi connectivity index (χ3v) is 5.16. The molecular formula is C13H17BrN2O4S. The van der Waals surface area contributed by atoms with E-state index < -0.39 is 16.1 Å². The zero-order valence-electron chi connectivity index (χ0n) is 11.6. The van der Waals surface area contributed by atoms with Gasteiger partial charge >= 0.3 is 0 Å². The van der Waals surface area contributed by atoms with Crippen LogP contribution < -0.4 is 4.72 Å². The first-order valence-corrected chi connectivity index (χ1v) is 8.82. The predicted octanol–water partition coefficient (Wildman–Crippen LogP) is 0.975. The van der Waals surface area contributed by atoms with Gasteiger partial charge in [-0.15, -0.1) is 0 Å². The van der Waals surface area contributed by atoms with Crippen LogP contribution in [0.1, 0.15) is 6.92 Å². The molecule has 1 aromatic carbocycles. The molecule has 0 bridgehead atoms. The fourth-order valence-electron chi connectivity index (χ4n) is 2.04. The molecule has 1 aromatic rings. The smallest absolute Gasteiger partial charge is 0.241 e. The van der Waals surface area contributed by atoms with E-state index in [-0.39, 0.29) is 10.8 Å². The van der Waals surface area contributed by atoms with Crippen molar-refractivity contribution in [3.8, 4) is 0 Å². The van der Waals surface area contributed by atoms with E-state index in [2.05, 4.69) is 20.7 Å². The lowest BCUT2D eigenvalue weighted by molar-refractivity contribution is -0.136. The zero-order valence-corrected chi connectivity index (χ0v) is 14.0. The molecule has 0 aromatic heterocycles. The largest absolute Gasteiger partial charge is 0.378 e. The minimum Gasteiger partial charge on any atom is -0.378 e. The molecular weight excluding hydrogens is 360 g/mol. The lowest BCUT2D eigenvalue weighted by atomic mass is 10.3. The van der Waals surface area contributed by atoms with Crippen LogP contribution in [0.4, 0.5) is 0 Å². The molecule has 0 radical (unpaired) electrons. The zero-order chi connectivity index (χ0) is 15.5. The number of benzene rings is 1. The Morgan fingerprint density at radius 2 is 2.05 bits per heavy atom. The van der Waals surface area contributed by atoms with Gasteiger partial charge in [0.2, 0.25) is 15.9 Å². The highest BCUT2D eigenvalue weighted by molar-refractivity contribution is 9.10. The maximum atomic E-state index is 12.3. The molecule has 1 aliphatic heterocycles. The summed E-state index contributed by atoms with van der Waals surface area (Å²) in [5.41, 5.74) is 0. The van der Waals surface area contributed by atoms with Gasteiger partial charge in [0.1, 0.15) is 0 Å². The Morgan fingerprint density at radius 3 is 2.67 bits per heavy atom. The summed E-state index contributed by atoms with van der Waals surface area (Å²) >= 11 is 3.23. The van der Waals surface area contributed by atoms with Gasteiger partial charge in [0.25, 0.3) is 0 Å². The SMILES string of the molecule is CC(NS(=O)(=O)c1cccc(Br)c1)C(=O)N1CCOCC1. The summed E-state index contributed by atoms with van der Waals surface area (Å²) in [6.07, 6.45) is 0. The molecule has 1 aliphatic rings. The van der Waals surface area contributed by atoms with E-state index >= 15 is 0 Å². The Balaban J connectivity index is 2.07. The maximum Gasteiger partial charge on any atom is 0.241 e. The van der Waals surface area contributed by atoms with Gasteiger partial charge in [0.05, 0.1) is 24.2 Å². The summed E-state index contributed by atoms with van der Waals surface area (Å²) in [6.45, 7) is 3.49. The van der Waals surface area contributed by atoms with Crippen LogP contribution in [-0.4, -0.2) is 51.6 Å².